The van der Waals surface area contributed by atoms with Crippen LogP contribution in [0.15, 0.2) is 26.4 Å². The van der Waals surface area contributed by atoms with Crippen LogP contribution in [-0.4, -0.2) is 22.0 Å². The molecule has 8 heteroatoms. The fourth-order valence-corrected chi connectivity index (χ4v) is 2.30. The summed E-state index contributed by atoms with van der Waals surface area (Å²) < 4.78 is 4.96. The smallest absolute Gasteiger partial charge is 0.401 e. The van der Waals surface area contributed by atoms with Crippen molar-refractivity contribution in [2.45, 2.75) is 19.9 Å². The third-order valence-electron chi connectivity index (χ3n) is 2.09. The van der Waals surface area contributed by atoms with Crippen LogP contribution in [0.3, 0.4) is 0 Å². The van der Waals surface area contributed by atoms with Gasteiger partial charge in [-0.05, 0) is 31.7 Å². The lowest BCUT2D eigenvalue weighted by Gasteiger charge is -1.97. The maximum absolute atomic E-state index is 11.7. The first kappa shape index (κ1) is 13.3. The van der Waals surface area contributed by atoms with E-state index in [2.05, 4.69) is 10.3 Å². The Balaban J connectivity index is 2.19. The minimum absolute atomic E-state index is 0.0758. The molecule has 7 nitrogen and oxygen atoms in total. The Morgan fingerprint density at radius 3 is 2.84 bits per heavy atom. The molecule has 1 saturated heterocycles. The van der Waals surface area contributed by atoms with Crippen molar-refractivity contribution in [3.05, 3.63) is 32.9 Å². The van der Waals surface area contributed by atoms with Gasteiger partial charge in [-0.25, -0.2) is 0 Å². The number of hydrogen-bond donors (Lipinski definition) is 1. The summed E-state index contributed by atoms with van der Waals surface area (Å²) in [6.45, 7) is 3.80. The van der Waals surface area contributed by atoms with Crippen molar-refractivity contribution in [1.82, 2.24) is 5.32 Å². The minimum atomic E-state index is -0.629. The Morgan fingerprint density at radius 2 is 2.26 bits per heavy atom. The average Bonchev–Trinajstić information content (AvgIpc) is 2.87. The minimum Gasteiger partial charge on any atom is -0.401 e. The number of nitrogens with zero attached hydrogens (tertiary/aromatic N) is 2. The van der Waals surface area contributed by atoms with Gasteiger partial charge in [0.05, 0.1) is 11.0 Å². The van der Waals surface area contributed by atoms with E-state index in [1.165, 1.54) is 30.0 Å². The molecule has 0 atom stereocenters. The zero-order valence-electron chi connectivity index (χ0n) is 10.2. The summed E-state index contributed by atoms with van der Waals surface area (Å²) >= 11 is 1.18. The quantitative estimate of drug-likeness (QED) is 0.520. The lowest BCUT2D eigenvalue weighted by Crippen LogP contribution is -2.20. The van der Waals surface area contributed by atoms with Crippen molar-refractivity contribution in [2.75, 3.05) is 0 Å². The van der Waals surface area contributed by atoms with Gasteiger partial charge in [-0.3, -0.25) is 19.9 Å². The summed E-state index contributed by atoms with van der Waals surface area (Å²) in [5.41, 5.74) is 0. The molecule has 1 aromatic rings. The number of carbonyl (C=O) groups excluding carboxylic acids is 1. The largest absolute Gasteiger partial charge is 0.433 e. The molecule has 1 fully saturated rings. The van der Waals surface area contributed by atoms with Gasteiger partial charge in [0.2, 0.25) is 0 Å². The van der Waals surface area contributed by atoms with Crippen molar-refractivity contribution in [2.24, 2.45) is 4.99 Å². The maximum atomic E-state index is 11.7. The number of thioether (sulfide) groups is 1. The number of aliphatic imine (C=N–C) groups is 1. The third kappa shape index (κ3) is 3.22. The number of hydrogen-bond acceptors (Lipinski definition) is 6. The molecule has 100 valence electrons. The molecule has 1 N–H and O–H groups in total. The van der Waals surface area contributed by atoms with Crippen LogP contribution >= 0.6 is 11.8 Å². The molecule has 0 bridgehead atoms. The Labute approximate surface area is 112 Å². The van der Waals surface area contributed by atoms with Crippen LogP contribution in [0.4, 0.5) is 5.88 Å². The first-order valence-electron chi connectivity index (χ1n) is 5.48. The van der Waals surface area contributed by atoms with Crippen molar-refractivity contribution in [3.8, 4) is 0 Å². The lowest BCUT2D eigenvalue weighted by atomic mass is 10.4. The first-order valence-corrected chi connectivity index (χ1v) is 6.30. The summed E-state index contributed by atoms with van der Waals surface area (Å²) in [5.74, 6) is -0.384. The van der Waals surface area contributed by atoms with E-state index in [1.54, 1.807) is 0 Å². The zero-order chi connectivity index (χ0) is 14.0. The molecule has 2 rings (SSSR count). The molecular formula is C11H11N3O4S. The van der Waals surface area contributed by atoms with Crippen LogP contribution in [0.1, 0.15) is 19.6 Å². The van der Waals surface area contributed by atoms with Crippen molar-refractivity contribution < 1.29 is 14.1 Å². The molecule has 0 aliphatic carbocycles. The van der Waals surface area contributed by atoms with Gasteiger partial charge < -0.3 is 9.73 Å². The number of amidine groups is 1. The molecule has 1 amide bonds. The summed E-state index contributed by atoms with van der Waals surface area (Å²) in [6, 6.07) is 2.76. The number of amides is 1. The highest BCUT2D eigenvalue weighted by atomic mass is 32.2. The Kier molecular flexibility index (Phi) is 3.70. The van der Waals surface area contributed by atoms with E-state index < -0.39 is 4.92 Å². The van der Waals surface area contributed by atoms with Gasteiger partial charge in [-0.2, -0.15) is 0 Å². The van der Waals surface area contributed by atoms with E-state index in [1.807, 2.05) is 13.8 Å². The third-order valence-corrected chi connectivity index (χ3v) is 3.02. The van der Waals surface area contributed by atoms with Gasteiger partial charge >= 0.3 is 5.88 Å². The van der Waals surface area contributed by atoms with Crippen LogP contribution < -0.4 is 5.32 Å². The maximum Gasteiger partial charge on any atom is 0.433 e. The second-order valence-corrected chi connectivity index (χ2v) is 5.06. The SMILES string of the molecule is CC(C)N=C1NC(=O)/C(=C/c2ccc([N+](=O)[O-])o2)S1. The number of nitro groups is 1. The molecule has 1 aliphatic heterocycles. The van der Waals surface area contributed by atoms with Crippen LogP contribution in [-0.2, 0) is 4.79 Å². The zero-order valence-corrected chi connectivity index (χ0v) is 11.1. The number of nitrogens with one attached hydrogen (secondary N) is 1. The van der Waals surface area contributed by atoms with Crippen molar-refractivity contribution in [1.29, 1.82) is 0 Å². The van der Waals surface area contributed by atoms with Crippen LogP contribution in [0.5, 0.6) is 0 Å². The van der Waals surface area contributed by atoms with Crippen molar-refractivity contribution >= 4 is 34.8 Å². The van der Waals surface area contributed by atoms with Crippen LogP contribution in [0, 0.1) is 10.1 Å². The Bertz CT molecular complexity index is 589. The molecule has 19 heavy (non-hydrogen) atoms. The highest BCUT2D eigenvalue weighted by Gasteiger charge is 2.24. The molecule has 1 aromatic heterocycles. The van der Waals surface area contributed by atoms with Crippen LogP contribution in [0.25, 0.3) is 6.08 Å². The topological polar surface area (TPSA) is 97.7 Å². The fourth-order valence-electron chi connectivity index (χ4n) is 1.37. The number of furan rings is 1. The molecule has 0 saturated carbocycles. The van der Waals surface area contributed by atoms with Gasteiger partial charge in [0.25, 0.3) is 5.91 Å². The van der Waals surface area contributed by atoms with Gasteiger partial charge in [0.15, 0.2) is 5.17 Å². The highest BCUT2D eigenvalue weighted by molar-refractivity contribution is 8.18. The lowest BCUT2D eigenvalue weighted by molar-refractivity contribution is -0.402. The van der Waals surface area contributed by atoms with E-state index in [9.17, 15) is 14.9 Å². The van der Waals surface area contributed by atoms with E-state index in [0.29, 0.717) is 10.1 Å². The summed E-state index contributed by atoms with van der Waals surface area (Å²) in [7, 11) is 0. The predicted molar refractivity (Wildman–Crippen MR) is 71.6 cm³/mol. The predicted octanol–water partition coefficient (Wildman–Crippen LogP) is 2.16. The van der Waals surface area contributed by atoms with Gasteiger partial charge in [0.1, 0.15) is 10.7 Å². The molecule has 0 radical (unpaired) electrons. The summed E-state index contributed by atoms with van der Waals surface area (Å²) in [6.07, 6.45) is 1.45. The van der Waals surface area contributed by atoms with Gasteiger partial charge in [-0.1, -0.05) is 0 Å². The Hall–Kier alpha value is -2.09. The van der Waals surface area contributed by atoms with E-state index in [0.717, 1.165) is 0 Å². The van der Waals surface area contributed by atoms with Gasteiger partial charge in [-0.15, -0.1) is 0 Å². The number of rotatable bonds is 3. The summed E-state index contributed by atoms with van der Waals surface area (Å²) in [4.78, 5) is 26.1. The second-order valence-electron chi connectivity index (χ2n) is 4.03. The molecule has 0 spiro atoms. The van der Waals surface area contributed by atoms with Crippen molar-refractivity contribution in [3.63, 3.8) is 0 Å². The molecular weight excluding hydrogens is 270 g/mol. The number of carbonyl (C=O) groups is 1. The van der Waals surface area contributed by atoms with E-state index in [-0.39, 0.29) is 23.6 Å². The molecule has 2 heterocycles. The van der Waals surface area contributed by atoms with Gasteiger partial charge in [0, 0.05) is 12.1 Å². The monoisotopic (exact) mass is 281 g/mol. The first-order chi connectivity index (χ1) is 8.95. The Morgan fingerprint density at radius 1 is 1.53 bits per heavy atom. The molecule has 0 unspecified atom stereocenters. The van der Waals surface area contributed by atoms with E-state index >= 15 is 0 Å². The van der Waals surface area contributed by atoms with E-state index in [4.69, 9.17) is 4.42 Å². The summed E-state index contributed by atoms with van der Waals surface area (Å²) in [5, 5.41) is 13.6. The highest BCUT2D eigenvalue weighted by Crippen LogP contribution is 2.27. The second kappa shape index (κ2) is 5.27. The fraction of sp³-hybridized carbons (Fsp3) is 0.273. The molecule has 1 aliphatic rings. The average molecular weight is 281 g/mol. The molecule has 0 aromatic carbocycles. The standard InChI is InChI=1S/C11H11N3O4S/c1-6(2)12-11-13-10(15)8(19-11)5-7-3-4-9(18-7)14(16)17/h3-6H,1-2H3,(H,12,13,15)/b8-5-. The normalized spacial score (nSPS) is 19.4. The van der Waals surface area contributed by atoms with Crippen LogP contribution in [0.2, 0.25) is 0 Å².